The minimum absolute atomic E-state index is 0.0976. The summed E-state index contributed by atoms with van der Waals surface area (Å²) in [6, 6.07) is 19.2. The number of ether oxygens (including phenoxy) is 1. The van der Waals surface area contributed by atoms with Gasteiger partial charge in [-0.1, -0.05) is 41.9 Å². The second-order valence-corrected chi connectivity index (χ2v) is 7.52. The number of hydrogen-bond donors (Lipinski definition) is 0. The molecule has 0 bridgehead atoms. The summed E-state index contributed by atoms with van der Waals surface area (Å²) in [5, 5.41) is 9.42. The molecule has 30 heavy (non-hydrogen) atoms. The highest BCUT2D eigenvalue weighted by atomic mass is 35.5. The molecule has 0 N–H and O–H groups in total. The third-order valence-corrected chi connectivity index (χ3v) is 5.66. The molecule has 0 saturated carbocycles. The van der Waals surface area contributed by atoms with Gasteiger partial charge in [-0.2, -0.15) is 0 Å². The lowest BCUT2D eigenvalue weighted by molar-refractivity contribution is -0.130. The number of carbonyl (C=O) groups is 1. The first-order valence-electron chi connectivity index (χ1n) is 9.89. The van der Waals surface area contributed by atoms with Gasteiger partial charge in [0.2, 0.25) is 5.91 Å². The molecule has 4 rings (SSSR count). The highest BCUT2D eigenvalue weighted by molar-refractivity contribution is 6.31. The van der Waals surface area contributed by atoms with Crippen LogP contribution in [-0.2, 0) is 11.2 Å². The van der Waals surface area contributed by atoms with Crippen LogP contribution in [0, 0.1) is 0 Å². The van der Waals surface area contributed by atoms with Gasteiger partial charge in [0.1, 0.15) is 5.75 Å². The fraction of sp³-hybridized carbons (Fsp3) is 0.261. The van der Waals surface area contributed by atoms with Crippen molar-refractivity contribution in [2.24, 2.45) is 0 Å². The second kappa shape index (κ2) is 9.13. The van der Waals surface area contributed by atoms with E-state index >= 15 is 0 Å². The third kappa shape index (κ3) is 4.39. The van der Waals surface area contributed by atoms with Crippen LogP contribution in [-0.4, -0.2) is 54.3 Å². The van der Waals surface area contributed by atoms with Gasteiger partial charge in [0, 0.05) is 36.8 Å². The number of nitrogens with zero attached hydrogens (tertiary/aromatic N) is 4. The van der Waals surface area contributed by atoms with Crippen molar-refractivity contribution in [1.82, 2.24) is 15.1 Å². The smallest absolute Gasteiger partial charge is 0.227 e. The Morgan fingerprint density at radius 1 is 0.967 bits per heavy atom. The highest BCUT2D eigenvalue weighted by Crippen LogP contribution is 2.28. The lowest BCUT2D eigenvalue weighted by Crippen LogP contribution is -2.49. The number of aromatic nitrogens is 2. The van der Waals surface area contributed by atoms with Gasteiger partial charge in [-0.25, -0.2) is 0 Å². The van der Waals surface area contributed by atoms with E-state index in [0.717, 1.165) is 41.5 Å². The van der Waals surface area contributed by atoms with Crippen LogP contribution in [0.3, 0.4) is 0 Å². The molecule has 1 aliphatic heterocycles. The summed E-state index contributed by atoms with van der Waals surface area (Å²) in [6.45, 7) is 2.74. The first kappa shape index (κ1) is 20.2. The maximum absolute atomic E-state index is 12.6. The highest BCUT2D eigenvalue weighted by Gasteiger charge is 2.23. The number of benzene rings is 2. The predicted molar refractivity (Wildman–Crippen MR) is 118 cm³/mol. The Balaban J connectivity index is 1.37. The van der Waals surface area contributed by atoms with Crippen molar-refractivity contribution in [2.75, 3.05) is 38.2 Å². The molecule has 0 aliphatic carbocycles. The van der Waals surface area contributed by atoms with Crippen LogP contribution in [0.2, 0.25) is 5.02 Å². The summed E-state index contributed by atoms with van der Waals surface area (Å²) in [7, 11) is 1.65. The number of halogens is 1. The van der Waals surface area contributed by atoms with Gasteiger partial charge in [0.25, 0.3) is 0 Å². The average molecular weight is 423 g/mol. The minimum Gasteiger partial charge on any atom is -0.496 e. The number of amides is 1. The summed E-state index contributed by atoms with van der Waals surface area (Å²) in [6.07, 6.45) is 0.326. The van der Waals surface area contributed by atoms with E-state index < -0.39 is 0 Å². The number of hydrogen-bond acceptors (Lipinski definition) is 5. The lowest BCUT2D eigenvalue weighted by Gasteiger charge is -2.35. The van der Waals surface area contributed by atoms with Gasteiger partial charge in [0.05, 0.1) is 19.2 Å². The number of anilines is 1. The van der Waals surface area contributed by atoms with Crippen molar-refractivity contribution in [3.05, 3.63) is 71.2 Å². The maximum atomic E-state index is 12.6. The molecule has 1 aromatic heterocycles. The molecule has 0 unspecified atom stereocenters. The molecule has 1 fully saturated rings. The molecule has 0 spiro atoms. The number of carbonyl (C=O) groups excluding carboxylic acids is 1. The Bertz CT molecular complexity index is 1020. The fourth-order valence-electron chi connectivity index (χ4n) is 3.60. The fourth-order valence-corrected chi connectivity index (χ4v) is 3.80. The SMILES string of the molecule is COc1ccccc1-c1ccc(N2CCN(C(=O)Cc3ccccc3Cl)CC2)nn1. The van der Waals surface area contributed by atoms with Crippen LogP contribution < -0.4 is 9.64 Å². The predicted octanol–water partition coefficient (Wildman–Crippen LogP) is 3.70. The molecule has 154 valence electrons. The molecule has 1 aliphatic rings. The molecule has 2 heterocycles. The standard InChI is InChI=1S/C23H23ClN4O2/c1-30-21-9-5-3-7-18(21)20-10-11-22(26-25-20)27-12-14-28(15-13-27)23(29)16-17-6-2-4-8-19(17)24/h2-11H,12-16H2,1H3. The van der Waals surface area contributed by atoms with Crippen LogP contribution in [0.25, 0.3) is 11.3 Å². The van der Waals surface area contributed by atoms with Crippen molar-refractivity contribution >= 4 is 23.3 Å². The van der Waals surface area contributed by atoms with E-state index in [9.17, 15) is 4.79 Å². The zero-order valence-electron chi connectivity index (χ0n) is 16.8. The normalized spacial score (nSPS) is 13.9. The molecule has 6 nitrogen and oxygen atoms in total. The number of piperazine rings is 1. The average Bonchev–Trinajstić information content (AvgIpc) is 2.81. The number of rotatable bonds is 5. The maximum Gasteiger partial charge on any atom is 0.227 e. The van der Waals surface area contributed by atoms with E-state index in [1.165, 1.54) is 0 Å². The largest absolute Gasteiger partial charge is 0.496 e. The molecule has 1 saturated heterocycles. The van der Waals surface area contributed by atoms with Crippen LogP contribution in [0.15, 0.2) is 60.7 Å². The quantitative estimate of drug-likeness (QED) is 0.627. The van der Waals surface area contributed by atoms with Gasteiger partial charge in [-0.05, 0) is 35.9 Å². The van der Waals surface area contributed by atoms with Gasteiger partial charge in [-0.15, -0.1) is 10.2 Å². The Morgan fingerprint density at radius 2 is 1.70 bits per heavy atom. The summed E-state index contributed by atoms with van der Waals surface area (Å²) in [5.41, 5.74) is 2.54. The van der Waals surface area contributed by atoms with Crippen molar-refractivity contribution in [1.29, 1.82) is 0 Å². The van der Waals surface area contributed by atoms with Gasteiger partial charge in [-0.3, -0.25) is 4.79 Å². The summed E-state index contributed by atoms with van der Waals surface area (Å²) >= 11 is 6.18. The van der Waals surface area contributed by atoms with Crippen molar-refractivity contribution in [3.8, 4) is 17.0 Å². The topological polar surface area (TPSA) is 58.6 Å². The Morgan fingerprint density at radius 3 is 2.40 bits per heavy atom. The minimum atomic E-state index is 0.0976. The van der Waals surface area contributed by atoms with Crippen molar-refractivity contribution in [3.63, 3.8) is 0 Å². The summed E-state index contributed by atoms with van der Waals surface area (Å²) in [5.74, 6) is 1.68. The van der Waals surface area contributed by atoms with Gasteiger partial charge >= 0.3 is 0 Å². The molecule has 2 aromatic carbocycles. The molecule has 0 radical (unpaired) electrons. The summed E-state index contributed by atoms with van der Waals surface area (Å²) < 4.78 is 5.41. The summed E-state index contributed by atoms with van der Waals surface area (Å²) in [4.78, 5) is 16.7. The van der Waals surface area contributed by atoms with Crippen molar-refractivity contribution in [2.45, 2.75) is 6.42 Å². The van der Waals surface area contributed by atoms with Gasteiger partial charge in [0.15, 0.2) is 5.82 Å². The first-order chi connectivity index (χ1) is 14.7. The Kier molecular flexibility index (Phi) is 6.14. The Labute approximate surface area is 181 Å². The second-order valence-electron chi connectivity index (χ2n) is 7.11. The van der Waals surface area contributed by atoms with Crippen LogP contribution in [0.5, 0.6) is 5.75 Å². The van der Waals surface area contributed by atoms with E-state index in [0.29, 0.717) is 24.5 Å². The molecule has 1 amide bonds. The van der Waals surface area contributed by atoms with E-state index in [2.05, 4.69) is 15.1 Å². The van der Waals surface area contributed by atoms with Crippen LogP contribution in [0.4, 0.5) is 5.82 Å². The molecule has 0 atom stereocenters. The van der Waals surface area contributed by atoms with E-state index in [1.807, 2.05) is 65.6 Å². The molecule has 3 aromatic rings. The van der Waals surface area contributed by atoms with E-state index in [-0.39, 0.29) is 5.91 Å². The van der Waals surface area contributed by atoms with Crippen molar-refractivity contribution < 1.29 is 9.53 Å². The number of para-hydroxylation sites is 1. The molecular formula is C23H23ClN4O2. The zero-order valence-corrected chi connectivity index (χ0v) is 17.5. The van der Waals surface area contributed by atoms with E-state index in [1.54, 1.807) is 7.11 Å². The third-order valence-electron chi connectivity index (χ3n) is 5.29. The zero-order chi connectivity index (χ0) is 20.9. The van der Waals surface area contributed by atoms with E-state index in [4.69, 9.17) is 16.3 Å². The van der Waals surface area contributed by atoms with Crippen LogP contribution in [0.1, 0.15) is 5.56 Å². The molecular weight excluding hydrogens is 400 g/mol. The van der Waals surface area contributed by atoms with Gasteiger partial charge < -0.3 is 14.5 Å². The monoisotopic (exact) mass is 422 g/mol. The lowest BCUT2D eigenvalue weighted by atomic mass is 10.1. The number of methoxy groups -OCH3 is 1. The first-order valence-corrected chi connectivity index (χ1v) is 10.3. The molecule has 7 heteroatoms. The van der Waals surface area contributed by atoms with Crippen LogP contribution >= 0.6 is 11.6 Å². The Hall–Kier alpha value is -3.12.